The Labute approximate surface area is 125 Å². The SMILES string of the molecule is CCNC(=O)CS(=O)(=O)c1cc(C(=O)O)c(Cl)cc1Cl. The number of halogens is 2. The highest BCUT2D eigenvalue weighted by atomic mass is 35.5. The quantitative estimate of drug-likeness (QED) is 0.848. The molecule has 0 aliphatic carbocycles. The summed E-state index contributed by atoms with van der Waals surface area (Å²) >= 11 is 11.4. The topological polar surface area (TPSA) is 101 Å². The molecule has 0 saturated carbocycles. The van der Waals surface area contributed by atoms with Gasteiger partial charge in [0.25, 0.3) is 0 Å². The molecule has 110 valence electrons. The van der Waals surface area contributed by atoms with E-state index in [9.17, 15) is 18.0 Å². The number of aromatic carboxylic acids is 1. The number of carboxylic acid groups (broad SMARTS) is 1. The first-order chi connectivity index (χ1) is 9.19. The molecule has 9 heteroatoms. The second-order valence-corrected chi connectivity index (χ2v) is 6.55. The molecule has 1 amide bonds. The van der Waals surface area contributed by atoms with Crippen molar-refractivity contribution in [1.82, 2.24) is 5.32 Å². The van der Waals surface area contributed by atoms with Gasteiger partial charge in [-0.15, -0.1) is 0 Å². The Morgan fingerprint density at radius 3 is 2.35 bits per heavy atom. The molecule has 0 saturated heterocycles. The normalized spacial score (nSPS) is 11.2. The maximum Gasteiger partial charge on any atom is 0.337 e. The number of nitrogens with one attached hydrogen (secondary N) is 1. The predicted molar refractivity (Wildman–Crippen MR) is 74.2 cm³/mol. The van der Waals surface area contributed by atoms with Gasteiger partial charge in [0.15, 0.2) is 9.84 Å². The molecule has 0 heterocycles. The van der Waals surface area contributed by atoms with E-state index < -0.39 is 37.9 Å². The fraction of sp³-hybridized carbons (Fsp3) is 0.273. The van der Waals surface area contributed by atoms with E-state index in [1.165, 1.54) is 0 Å². The standard InChI is InChI=1S/C11H11Cl2NO5S/c1-2-14-10(15)5-20(18,19)9-3-6(11(16)17)7(12)4-8(9)13/h3-4H,2,5H2,1H3,(H,14,15)(H,16,17). The van der Waals surface area contributed by atoms with Gasteiger partial charge in [0, 0.05) is 6.54 Å². The van der Waals surface area contributed by atoms with E-state index in [4.69, 9.17) is 28.3 Å². The fourth-order valence-electron chi connectivity index (χ4n) is 1.43. The van der Waals surface area contributed by atoms with Gasteiger partial charge in [-0.05, 0) is 19.1 Å². The zero-order valence-electron chi connectivity index (χ0n) is 10.3. The van der Waals surface area contributed by atoms with E-state index in [-0.39, 0.29) is 16.6 Å². The molecular weight excluding hydrogens is 329 g/mol. The van der Waals surface area contributed by atoms with E-state index in [0.29, 0.717) is 0 Å². The summed E-state index contributed by atoms with van der Waals surface area (Å²) in [6.07, 6.45) is 0. The minimum absolute atomic E-state index is 0.181. The van der Waals surface area contributed by atoms with Gasteiger partial charge < -0.3 is 10.4 Å². The highest BCUT2D eigenvalue weighted by molar-refractivity contribution is 7.92. The number of hydrogen-bond donors (Lipinski definition) is 2. The molecule has 0 aromatic heterocycles. The largest absolute Gasteiger partial charge is 0.478 e. The molecule has 1 aromatic rings. The lowest BCUT2D eigenvalue weighted by atomic mass is 10.2. The van der Waals surface area contributed by atoms with Crippen LogP contribution >= 0.6 is 23.2 Å². The number of sulfone groups is 1. The predicted octanol–water partition coefficient (Wildman–Crippen LogP) is 1.60. The molecular formula is C11H11Cl2NO5S. The van der Waals surface area contributed by atoms with Gasteiger partial charge in [0.1, 0.15) is 5.75 Å². The highest BCUT2D eigenvalue weighted by Crippen LogP contribution is 2.29. The van der Waals surface area contributed by atoms with Crippen LogP contribution in [-0.2, 0) is 14.6 Å². The average molecular weight is 340 g/mol. The van der Waals surface area contributed by atoms with Crippen molar-refractivity contribution in [3.63, 3.8) is 0 Å². The third kappa shape index (κ3) is 3.84. The van der Waals surface area contributed by atoms with Gasteiger partial charge in [-0.25, -0.2) is 13.2 Å². The number of carboxylic acids is 1. The summed E-state index contributed by atoms with van der Waals surface area (Å²) in [5.41, 5.74) is -0.398. The van der Waals surface area contributed by atoms with E-state index in [1.54, 1.807) is 6.92 Å². The smallest absolute Gasteiger partial charge is 0.337 e. The van der Waals surface area contributed by atoms with Crippen molar-refractivity contribution in [2.24, 2.45) is 0 Å². The molecule has 0 bridgehead atoms. The van der Waals surface area contributed by atoms with Crippen molar-refractivity contribution in [2.75, 3.05) is 12.3 Å². The van der Waals surface area contributed by atoms with Crippen molar-refractivity contribution in [2.45, 2.75) is 11.8 Å². The van der Waals surface area contributed by atoms with Gasteiger partial charge in [0.2, 0.25) is 5.91 Å². The zero-order valence-corrected chi connectivity index (χ0v) is 12.6. The van der Waals surface area contributed by atoms with E-state index in [2.05, 4.69) is 5.32 Å². The number of benzene rings is 1. The average Bonchev–Trinajstić information content (AvgIpc) is 2.27. The molecule has 2 N–H and O–H groups in total. The molecule has 20 heavy (non-hydrogen) atoms. The summed E-state index contributed by atoms with van der Waals surface area (Å²) < 4.78 is 24.1. The molecule has 0 spiro atoms. The van der Waals surface area contributed by atoms with Crippen molar-refractivity contribution in [3.05, 3.63) is 27.7 Å². The highest BCUT2D eigenvalue weighted by Gasteiger charge is 2.24. The van der Waals surface area contributed by atoms with Crippen molar-refractivity contribution in [3.8, 4) is 0 Å². The monoisotopic (exact) mass is 339 g/mol. The maximum absolute atomic E-state index is 12.0. The van der Waals surface area contributed by atoms with Crippen molar-refractivity contribution in [1.29, 1.82) is 0 Å². The van der Waals surface area contributed by atoms with Crippen LogP contribution in [0, 0.1) is 0 Å². The molecule has 0 radical (unpaired) electrons. The van der Waals surface area contributed by atoms with Gasteiger partial charge in [-0.1, -0.05) is 23.2 Å². The Bertz CT molecular complexity index is 657. The number of amides is 1. The van der Waals surface area contributed by atoms with E-state index >= 15 is 0 Å². The Morgan fingerprint density at radius 2 is 1.85 bits per heavy atom. The second kappa shape index (κ2) is 6.43. The first-order valence-corrected chi connectivity index (χ1v) is 7.81. The molecule has 0 atom stereocenters. The van der Waals surface area contributed by atoms with Gasteiger partial charge in [0.05, 0.1) is 20.5 Å². The Hall–Kier alpha value is -1.31. The number of carbonyl (C=O) groups is 2. The summed E-state index contributed by atoms with van der Waals surface area (Å²) in [6, 6.07) is 1.87. The van der Waals surface area contributed by atoms with Crippen LogP contribution in [0.2, 0.25) is 10.0 Å². The Kier molecular flexibility index (Phi) is 5.38. The fourth-order valence-corrected chi connectivity index (χ4v) is 3.50. The minimum Gasteiger partial charge on any atom is -0.478 e. The van der Waals surface area contributed by atoms with Crippen LogP contribution in [0.25, 0.3) is 0 Å². The van der Waals surface area contributed by atoms with Crippen LogP contribution in [0.1, 0.15) is 17.3 Å². The lowest BCUT2D eigenvalue weighted by molar-refractivity contribution is -0.118. The van der Waals surface area contributed by atoms with Crippen LogP contribution in [0.5, 0.6) is 0 Å². The van der Waals surface area contributed by atoms with Gasteiger partial charge >= 0.3 is 5.97 Å². The molecule has 0 aliphatic heterocycles. The molecule has 6 nitrogen and oxygen atoms in total. The Morgan fingerprint density at radius 1 is 1.25 bits per heavy atom. The third-order valence-corrected chi connectivity index (χ3v) is 4.67. The lowest BCUT2D eigenvalue weighted by Gasteiger charge is -2.09. The van der Waals surface area contributed by atoms with Crippen LogP contribution in [0.15, 0.2) is 17.0 Å². The summed E-state index contributed by atoms with van der Waals surface area (Å²) in [5.74, 6) is -2.90. The summed E-state index contributed by atoms with van der Waals surface area (Å²) in [4.78, 5) is 21.9. The maximum atomic E-state index is 12.0. The van der Waals surface area contributed by atoms with Crippen molar-refractivity contribution >= 4 is 44.9 Å². The molecule has 0 fully saturated rings. The zero-order chi connectivity index (χ0) is 15.5. The molecule has 1 aromatic carbocycles. The first-order valence-electron chi connectivity index (χ1n) is 5.40. The van der Waals surface area contributed by atoms with Crippen LogP contribution in [0.4, 0.5) is 0 Å². The second-order valence-electron chi connectivity index (χ2n) is 3.78. The van der Waals surface area contributed by atoms with E-state index in [0.717, 1.165) is 12.1 Å². The minimum atomic E-state index is -4.05. The first kappa shape index (κ1) is 16.7. The van der Waals surface area contributed by atoms with Gasteiger partial charge in [-0.2, -0.15) is 0 Å². The number of rotatable bonds is 5. The Balaban J connectivity index is 3.28. The molecule has 1 rings (SSSR count). The number of hydrogen-bond acceptors (Lipinski definition) is 4. The van der Waals surface area contributed by atoms with Crippen molar-refractivity contribution < 1.29 is 23.1 Å². The number of carbonyl (C=O) groups excluding carboxylic acids is 1. The summed E-state index contributed by atoms with van der Waals surface area (Å²) in [5, 5.41) is 10.8. The van der Waals surface area contributed by atoms with E-state index in [1.807, 2.05) is 0 Å². The summed E-state index contributed by atoms with van der Waals surface area (Å²) in [7, 11) is -4.05. The third-order valence-electron chi connectivity index (χ3n) is 2.28. The van der Waals surface area contributed by atoms with Crippen LogP contribution in [-0.4, -0.2) is 37.7 Å². The van der Waals surface area contributed by atoms with Crippen LogP contribution < -0.4 is 5.32 Å². The summed E-state index contributed by atoms with van der Waals surface area (Å²) in [6.45, 7) is 1.92. The lowest BCUT2D eigenvalue weighted by Crippen LogP contribution is -2.30. The molecule has 0 aliphatic rings. The van der Waals surface area contributed by atoms with Gasteiger partial charge in [-0.3, -0.25) is 4.79 Å². The molecule has 0 unspecified atom stereocenters. The van der Waals surface area contributed by atoms with Crippen LogP contribution in [0.3, 0.4) is 0 Å².